The van der Waals surface area contributed by atoms with E-state index in [-0.39, 0.29) is 22.5 Å². The molecule has 0 radical (unpaired) electrons. The molecule has 0 spiro atoms. The van der Waals surface area contributed by atoms with Crippen LogP contribution in [0.5, 0.6) is 0 Å². The highest BCUT2D eigenvalue weighted by atomic mass is 35.5. The van der Waals surface area contributed by atoms with Crippen molar-refractivity contribution < 1.29 is 23.8 Å². The summed E-state index contributed by atoms with van der Waals surface area (Å²) in [7, 11) is 1.23. The summed E-state index contributed by atoms with van der Waals surface area (Å²) in [6.45, 7) is 2.95. The van der Waals surface area contributed by atoms with Crippen molar-refractivity contribution in [1.29, 1.82) is 0 Å². The Bertz CT molecular complexity index is 648. The number of ether oxygens (including phenoxy) is 1. The smallest absolute Gasteiger partial charge is 0.407 e. The molecule has 0 bridgehead atoms. The number of benzene rings is 1. The molecule has 1 atom stereocenters. The Hall–Kier alpha value is -2.02. The Morgan fingerprint density at radius 1 is 1.44 bits per heavy atom. The number of methoxy groups -OCH3 is 1. The van der Waals surface area contributed by atoms with Crippen molar-refractivity contribution in [1.82, 2.24) is 4.90 Å². The lowest BCUT2D eigenvalue weighted by Crippen LogP contribution is -2.42. The molecule has 1 amide bonds. The maximum atomic E-state index is 14.0. The standard InChI is InChI=1S/C17H22ClFN2O4/c1-3-13(10-4-6-21(7-5-10)17(23)24)20-14-9-11(16(22)25-2)8-12(19)15(14)18/h8-10,13,20H,3-7H2,1-2H3,(H,23,24). The number of piperidine rings is 1. The van der Waals surface area contributed by atoms with E-state index in [1.54, 1.807) is 0 Å². The Labute approximate surface area is 150 Å². The van der Waals surface area contributed by atoms with Crippen LogP contribution in [-0.2, 0) is 4.74 Å². The Morgan fingerprint density at radius 3 is 2.60 bits per heavy atom. The fourth-order valence-electron chi connectivity index (χ4n) is 3.18. The zero-order valence-corrected chi connectivity index (χ0v) is 15.0. The molecule has 1 unspecified atom stereocenters. The molecule has 2 rings (SSSR count). The third-order valence-corrected chi connectivity index (χ3v) is 4.99. The van der Waals surface area contributed by atoms with Crippen LogP contribution < -0.4 is 5.32 Å². The van der Waals surface area contributed by atoms with Crippen LogP contribution in [0.25, 0.3) is 0 Å². The number of anilines is 1. The average molecular weight is 373 g/mol. The average Bonchev–Trinajstić information content (AvgIpc) is 2.62. The first-order valence-corrected chi connectivity index (χ1v) is 8.56. The van der Waals surface area contributed by atoms with Crippen LogP contribution in [0.4, 0.5) is 14.9 Å². The number of nitrogens with zero attached hydrogens (tertiary/aromatic N) is 1. The molecule has 1 fully saturated rings. The van der Waals surface area contributed by atoms with Crippen molar-refractivity contribution in [3.8, 4) is 0 Å². The summed E-state index contributed by atoms with van der Waals surface area (Å²) in [4.78, 5) is 24.1. The van der Waals surface area contributed by atoms with Crippen molar-refractivity contribution in [2.45, 2.75) is 32.2 Å². The number of hydrogen-bond acceptors (Lipinski definition) is 4. The van der Waals surface area contributed by atoms with E-state index in [1.807, 2.05) is 6.92 Å². The van der Waals surface area contributed by atoms with Gasteiger partial charge in [-0.05, 0) is 37.3 Å². The number of nitrogens with one attached hydrogen (secondary N) is 1. The van der Waals surface area contributed by atoms with Crippen LogP contribution >= 0.6 is 11.6 Å². The number of halogens is 2. The van der Waals surface area contributed by atoms with Gasteiger partial charge in [-0.3, -0.25) is 0 Å². The predicted octanol–water partition coefficient (Wildman–Crippen LogP) is 3.85. The van der Waals surface area contributed by atoms with Crippen LogP contribution in [-0.4, -0.2) is 48.3 Å². The maximum absolute atomic E-state index is 14.0. The van der Waals surface area contributed by atoms with Crippen molar-refractivity contribution in [3.05, 3.63) is 28.5 Å². The molecule has 8 heteroatoms. The second-order valence-corrected chi connectivity index (χ2v) is 6.46. The van der Waals surface area contributed by atoms with Crippen LogP contribution in [0.1, 0.15) is 36.5 Å². The molecule has 0 aliphatic carbocycles. The van der Waals surface area contributed by atoms with Gasteiger partial charge < -0.3 is 20.1 Å². The highest BCUT2D eigenvalue weighted by molar-refractivity contribution is 6.33. The fourth-order valence-corrected chi connectivity index (χ4v) is 3.34. The summed E-state index contributed by atoms with van der Waals surface area (Å²) < 4.78 is 18.7. The van der Waals surface area contributed by atoms with Crippen LogP contribution in [0, 0.1) is 11.7 Å². The van der Waals surface area contributed by atoms with Gasteiger partial charge in [0.05, 0.1) is 23.4 Å². The first kappa shape index (κ1) is 19.3. The number of rotatable bonds is 5. The number of carboxylic acid groups (broad SMARTS) is 1. The fraction of sp³-hybridized carbons (Fsp3) is 0.529. The van der Waals surface area contributed by atoms with Gasteiger partial charge in [-0.1, -0.05) is 18.5 Å². The zero-order chi connectivity index (χ0) is 18.6. The lowest BCUT2D eigenvalue weighted by atomic mass is 9.88. The molecule has 6 nitrogen and oxygen atoms in total. The van der Waals surface area contributed by atoms with Gasteiger partial charge in [0.1, 0.15) is 5.82 Å². The van der Waals surface area contributed by atoms with E-state index in [2.05, 4.69) is 10.1 Å². The minimum atomic E-state index is -0.907. The largest absolute Gasteiger partial charge is 0.465 e. The monoisotopic (exact) mass is 372 g/mol. The van der Waals surface area contributed by atoms with Crippen molar-refractivity contribution in [2.24, 2.45) is 5.92 Å². The summed E-state index contributed by atoms with van der Waals surface area (Å²) >= 11 is 6.04. The van der Waals surface area contributed by atoms with Gasteiger partial charge in [0.25, 0.3) is 0 Å². The molecule has 1 saturated heterocycles. The molecule has 1 aliphatic heterocycles. The second kappa shape index (κ2) is 8.38. The van der Waals surface area contributed by atoms with E-state index in [9.17, 15) is 14.0 Å². The normalized spacial score (nSPS) is 16.4. The molecule has 0 aromatic heterocycles. The first-order valence-electron chi connectivity index (χ1n) is 8.19. The van der Waals surface area contributed by atoms with Crippen molar-refractivity contribution in [2.75, 3.05) is 25.5 Å². The Kier molecular flexibility index (Phi) is 6.47. The number of likely N-dealkylation sites (tertiary alicyclic amines) is 1. The van der Waals surface area contributed by atoms with Gasteiger partial charge in [0, 0.05) is 19.1 Å². The van der Waals surface area contributed by atoms with Gasteiger partial charge in [-0.25, -0.2) is 14.0 Å². The highest BCUT2D eigenvalue weighted by Crippen LogP contribution is 2.31. The summed E-state index contributed by atoms with van der Waals surface area (Å²) in [5.74, 6) is -1.09. The molecule has 1 heterocycles. The molecule has 1 aromatic rings. The zero-order valence-electron chi connectivity index (χ0n) is 14.2. The molecule has 1 aromatic carbocycles. The van der Waals surface area contributed by atoms with Crippen molar-refractivity contribution in [3.63, 3.8) is 0 Å². The molecule has 2 N–H and O–H groups in total. The first-order chi connectivity index (χ1) is 11.9. The van der Waals surface area contributed by atoms with Crippen LogP contribution in [0.3, 0.4) is 0 Å². The Morgan fingerprint density at radius 2 is 2.08 bits per heavy atom. The molecule has 0 saturated carbocycles. The number of hydrogen-bond donors (Lipinski definition) is 2. The predicted molar refractivity (Wildman–Crippen MR) is 92.8 cm³/mol. The van der Waals surface area contributed by atoms with E-state index in [1.165, 1.54) is 18.1 Å². The summed E-state index contributed by atoms with van der Waals surface area (Å²) in [6.07, 6.45) is 1.29. The van der Waals surface area contributed by atoms with E-state index in [0.29, 0.717) is 31.6 Å². The second-order valence-electron chi connectivity index (χ2n) is 6.08. The maximum Gasteiger partial charge on any atom is 0.407 e. The van der Waals surface area contributed by atoms with Crippen LogP contribution in [0.2, 0.25) is 5.02 Å². The quantitative estimate of drug-likeness (QED) is 0.767. The molecular formula is C17H22ClFN2O4. The van der Waals surface area contributed by atoms with Crippen molar-refractivity contribution >= 4 is 29.4 Å². The van der Waals surface area contributed by atoms with Gasteiger partial charge in [-0.2, -0.15) is 0 Å². The minimum absolute atomic E-state index is 0.000687. The summed E-state index contributed by atoms with van der Waals surface area (Å²) in [6, 6.07) is 2.53. The topological polar surface area (TPSA) is 78.9 Å². The molecule has 25 heavy (non-hydrogen) atoms. The molecule has 1 aliphatic rings. The number of amides is 1. The van der Waals surface area contributed by atoms with E-state index < -0.39 is 17.9 Å². The van der Waals surface area contributed by atoms with E-state index in [0.717, 1.165) is 12.5 Å². The Balaban J connectivity index is 2.15. The van der Waals surface area contributed by atoms with Crippen LogP contribution in [0.15, 0.2) is 12.1 Å². The third kappa shape index (κ3) is 4.54. The number of carbonyl (C=O) groups excluding carboxylic acids is 1. The molecule has 138 valence electrons. The molecular weight excluding hydrogens is 351 g/mol. The van der Waals surface area contributed by atoms with Gasteiger partial charge in [0.2, 0.25) is 0 Å². The highest BCUT2D eigenvalue weighted by Gasteiger charge is 2.28. The third-order valence-electron chi connectivity index (χ3n) is 4.61. The van der Waals surface area contributed by atoms with Gasteiger partial charge >= 0.3 is 12.1 Å². The summed E-state index contributed by atoms with van der Waals surface area (Å²) in [5, 5.41) is 12.2. The lowest BCUT2D eigenvalue weighted by Gasteiger charge is -2.35. The summed E-state index contributed by atoms with van der Waals surface area (Å²) in [5.41, 5.74) is 0.428. The minimum Gasteiger partial charge on any atom is -0.465 e. The lowest BCUT2D eigenvalue weighted by molar-refractivity contribution is 0.0600. The van der Waals surface area contributed by atoms with Gasteiger partial charge in [0.15, 0.2) is 0 Å². The van der Waals surface area contributed by atoms with E-state index >= 15 is 0 Å². The van der Waals surface area contributed by atoms with E-state index in [4.69, 9.17) is 16.7 Å². The van der Waals surface area contributed by atoms with Gasteiger partial charge in [-0.15, -0.1) is 0 Å². The number of carbonyl (C=O) groups is 2. The number of esters is 1. The SMILES string of the molecule is CCC(Nc1cc(C(=O)OC)cc(F)c1Cl)C1CCN(C(=O)O)CC1.